The molecule has 0 radical (unpaired) electrons. The second kappa shape index (κ2) is 4.41. The second-order valence-electron chi connectivity index (χ2n) is 5.47. The lowest BCUT2D eigenvalue weighted by Crippen LogP contribution is -2.42. The Bertz CT molecular complexity index is 562. The van der Waals surface area contributed by atoms with E-state index in [4.69, 9.17) is 4.74 Å². The van der Waals surface area contributed by atoms with Crippen LogP contribution in [0.1, 0.15) is 29.0 Å². The van der Waals surface area contributed by atoms with Crippen LogP contribution >= 0.6 is 0 Å². The minimum Gasteiger partial charge on any atom is -0.467 e. The molecule has 3 nitrogen and oxygen atoms in total. The van der Waals surface area contributed by atoms with Gasteiger partial charge >= 0.3 is 5.97 Å². The molecule has 0 spiro atoms. The summed E-state index contributed by atoms with van der Waals surface area (Å²) in [5.41, 5.74) is 4.89. The molecule has 0 unspecified atom stereocenters. The Kier molecular flexibility index (Phi) is 2.85. The fourth-order valence-electron chi connectivity index (χ4n) is 3.28. The van der Waals surface area contributed by atoms with E-state index in [1.807, 2.05) is 0 Å². The molecule has 2 aliphatic rings. The van der Waals surface area contributed by atoms with Crippen molar-refractivity contribution in [3.05, 3.63) is 41.0 Å². The number of carbonyl (C=O) groups is 1. The van der Waals surface area contributed by atoms with Gasteiger partial charge in [0.15, 0.2) is 0 Å². The Morgan fingerprint density at radius 2 is 2.16 bits per heavy atom. The molecule has 1 N–H and O–H groups in total. The molecule has 1 aromatic carbocycles. The Hall–Kier alpha value is -1.77. The van der Waals surface area contributed by atoms with E-state index >= 15 is 0 Å². The fourth-order valence-corrected chi connectivity index (χ4v) is 3.28. The highest BCUT2D eigenvalue weighted by molar-refractivity contribution is 5.83. The molecule has 1 heterocycles. The monoisotopic (exact) mass is 257 g/mol. The summed E-state index contributed by atoms with van der Waals surface area (Å²) in [7, 11) is 1.46. The van der Waals surface area contributed by atoms with Crippen LogP contribution in [-0.4, -0.2) is 19.1 Å². The number of esters is 1. The lowest BCUT2D eigenvalue weighted by molar-refractivity contribution is -0.142. The first-order valence-electron chi connectivity index (χ1n) is 6.74. The van der Waals surface area contributed by atoms with Gasteiger partial charge in [-0.3, -0.25) is 0 Å². The van der Waals surface area contributed by atoms with Crippen LogP contribution in [0, 0.1) is 19.8 Å². The number of benzene rings is 1. The van der Waals surface area contributed by atoms with Crippen molar-refractivity contribution < 1.29 is 9.53 Å². The molecule has 3 heteroatoms. The van der Waals surface area contributed by atoms with Crippen LogP contribution in [0.15, 0.2) is 24.3 Å². The van der Waals surface area contributed by atoms with Gasteiger partial charge in [0, 0.05) is 17.5 Å². The molecule has 1 aliphatic heterocycles. The van der Waals surface area contributed by atoms with Crippen molar-refractivity contribution in [2.45, 2.75) is 32.2 Å². The molecule has 0 aromatic heterocycles. The van der Waals surface area contributed by atoms with Crippen LogP contribution in [0.25, 0.3) is 0 Å². The Morgan fingerprint density at radius 1 is 1.37 bits per heavy atom. The molecule has 3 rings (SSSR count). The Morgan fingerprint density at radius 3 is 2.89 bits per heavy atom. The number of ether oxygens (including phenoxy) is 1. The fraction of sp³-hybridized carbons (Fsp3) is 0.438. The summed E-state index contributed by atoms with van der Waals surface area (Å²) in [5, 5.41) is 3.41. The SMILES string of the molecule is COC(=O)[C@H]1Nc2c(ccc(C)c2C)[C@H]2C=CC[C@@H]12. The zero-order valence-corrected chi connectivity index (χ0v) is 11.6. The van der Waals surface area contributed by atoms with Crippen LogP contribution in [0.4, 0.5) is 5.69 Å². The number of hydrogen-bond donors (Lipinski definition) is 1. The summed E-state index contributed by atoms with van der Waals surface area (Å²) in [5.74, 6) is 0.451. The minimum absolute atomic E-state index is 0.162. The van der Waals surface area contributed by atoms with Crippen molar-refractivity contribution >= 4 is 11.7 Å². The third kappa shape index (κ3) is 1.76. The highest BCUT2D eigenvalue weighted by Crippen LogP contribution is 2.46. The van der Waals surface area contributed by atoms with Gasteiger partial charge in [-0.15, -0.1) is 0 Å². The summed E-state index contributed by atoms with van der Waals surface area (Å²) in [4.78, 5) is 12.0. The summed E-state index contributed by atoms with van der Waals surface area (Å²) in [6.45, 7) is 4.20. The van der Waals surface area contributed by atoms with Crippen LogP contribution < -0.4 is 5.32 Å². The lowest BCUT2D eigenvalue weighted by Gasteiger charge is -2.36. The average Bonchev–Trinajstić information content (AvgIpc) is 2.90. The van der Waals surface area contributed by atoms with E-state index in [1.165, 1.54) is 23.8 Å². The number of fused-ring (bicyclic) bond motifs is 3. The molecule has 1 aromatic rings. The highest BCUT2D eigenvalue weighted by atomic mass is 16.5. The van der Waals surface area contributed by atoms with E-state index in [-0.39, 0.29) is 17.9 Å². The molecule has 0 fully saturated rings. The average molecular weight is 257 g/mol. The largest absolute Gasteiger partial charge is 0.467 e. The standard InChI is InChI=1S/C16H19NO2/c1-9-7-8-13-11-5-4-6-12(11)15(16(18)19-3)17-14(13)10(9)2/h4-5,7-8,11-12,15,17H,6H2,1-3H3/t11-,12+,15-/m0/s1. The third-order valence-electron chi connectivity index (χ3n) is 4.52. The number of allylic oxidation sites excluding steroid dienone is 2. The Labute approximate surface area is 113 Å². The van der Waals surface area contributed by atoms with Crippen molar-refractivity contribution in [3.8, 4) is 0 Å². The summed E-state index contributed by atoms with van der Waals surface area (Å²) in [6.07, 6.45) is 5.34. The number of methoxy groups -OCH3 is 1. The van der Waals surface area contributed by atoms with Crippen molar-refractivity contribution in [1.82, 2.24) is 0 Å². The molecular formula is C16H19NO2. The molecule has 0 bridgehead atoms. The summed E-state index contributed by atoms with van der Waals surface area (Å²) in [6, 6.07) is 4.11. The van der Waals surface area contributed by atoms with Gasteiger partial charge in [0.2, 0.25) is 0 Å². The maximum atomic E-state index is 12.0. The second-order valence-corrected chi connectivity index (χ2v) is 5.47. The Balaban J connectivity index is 2.10. The number of anilines is 1. The van der Waals surface area contributed by atoms with Gasteiger partial charge in [-0.2, -0.15) is 0 Å². The van der Waals surface area contributed by atoms with Gasteiger partial charge in [-0.1, -0.05) is 24.3 Å². The van der Waals surface area contributed by atoms with Crippen molar-refractivity contribution in [1.29, 1.82) is 0 Å². The molecule has 19 heavy (non-hydrogen) atoms. The van der Waals surface area contributed by atoms with E-state index in [9.17, 15) is 4.79 Å². The van der Waals surface area contributed by atoms with Crippen LogP contribution in [-0.2, 0) is 9.53 Å². The first-order chi connectivity index (χ1) is 9.13. The van der Waals surface area contributed by atoms with Crippen molar-refractivity contribution in [2.75, 3.05) is 12.4 Å². The van der Waals surface area contributed by atoms with E-state index in [2.05, 4.69) is 43.4 Å². The quantitative estimate of drug-likeness (QED) is 0.621. The number of rotatable bonds is 1. The molecule has 1 aliphatic carbocycles. The van der Waals surface area contributed by atoms with Crippen LogP contribution in [0.2, 0.25) is 0 Å². The first kappa shape index (κ1) is 12.3. The molecule has 3 atom stereocenters. The lowest BCUT2D eigenvalue weighted by atomic mass is 9.78. The third-order valence-corrected chi connectivity index (χ3v) is 4.52. The van der Waals surface area contributed by atoms with Gasteiger partial charge in [0.25, 0.3) is 0 Å². The number of carbonyl (C=O) groups excluding carboxylic acids is 1. The van der Waals surface area contributed by atoms with Gasteiger partial charge in [-0.05, 0) is 37.0 Å². The first-order valence-corrected chi connectivity index (χ1v) is 6.74. The normalized spacial score (nSPS) is 27.4. The van der Waals surface area contributed by atoms with Crippen LogP contribution in [0.3, 0.4) is 0 Å². The van der Waals surface area contributed by atoms with E-state index < -0.39 is 0 Å². The predicted molar refractivity (Wildman–Crippen MR) is 75.3 cm³/mol. The van der Waals surface area contributed by atoms with Crippen molar-refractivity contribution in [2.24, 2.45) is 5.92 Å². The van der Waals surface area contributed by atoms with Crippen LogP contribution in [0.5, 0.6) is 0 Å². The summed E-state index contributed by atoms with van der Waals surface area (Å²) >= 11 is 0. The smallest absolute Gasteiger partial charge is 0.328 e. The molecule has 0 saturated heterocycles. The zero-order valence-electron chi connectivity index (χ0n) is 11.6. The van der Waals surface area contributed by atoms with E-state index in [0.29, 0.717) is 5.92 Å². The van der Waals surface area contributed by atoms with Gasteiger partial charge in [0.1, 0.15) is 6.04 Å². The van der Waals surface area contributed by atoms with Gasteiger partial charge in [-0.25, -0.2) is 4.79 Å². The molecule has 0 amide bonds. The molecule has 100 valence electrons. The zero-order chi connectivity index (χ0) is 13.6. The maximum Gasteiger partial charge on any atom is 0.328 e. The maximum absolute atomic E-state index is 12.0. The highest BCUT2D eigenvalue weighted by Gasteiger charge is 2.41. The summed E-state index contributed by atoms with van der Waals surface area (Å²) < 4.78 is 4.95. The minimum atomic E-state index is -0.238. The predicted octanol–water partition coefficient (Wildman–Crippen LogP) is 2.93. The van der Waals surface area contributed by atoms with E-state index in [1.54, 1.807) is 0 Å². The number of hydrogen-bond acceptors (Lipinski definition) is 3. The number of aryl methyl sites for hydroxylation is 1. The molecular weight excluding hydrogens is 238 g/mol. The van der Waals surface area contributed by atoms with Crippen molar-refractivity contribution in [3.63, 3.8) is 0 Å². The number of nitrogens with one attached hydrogen (secondary N) is 1. The molecule has 0 saturated carbocycles. The van der Waals surface area contributed by atoms with Gasteiger partial charge < -0.3 is 10.1 Å². The van der Waals surface area contributed by atoms with Gasteiger partial charge in [0.05, 0.1) is 7.11 Å². The topological polar surface area (TPSA) is 38.3 Å². The van der Waals surface area contributed by atoms with E-state index in [0.717, 1.165) is 12.1 Å².